The lowest BCUT2D eigenvalue weighted by Crippen LogP contribution is -2.43. The van der Waals surface area contributed by atoms with Gasteiger partial charge in [0.1, 0.15) is 5.15 Å². The monoisotopic (exact) mass is 291 g/mol. The molecule has 3 nitrogen and oxygen atoms in total. The van der Waals surface area contributed by atoms with E-state index in [4.69, 9.17) is 11.6 Å². The first kappa shape index (κ1) is 13.9. The maximum absolute atomic E-state index is 6.50. The van der Waals surface area contributed by atoms with Crippen LogP contribution in [0, 0.1) is 0 Å². The van der Waals surface area contributed by atoms with Gasteiger partial charge in [0, 0.05) is 44.1 Å². The molecule has 108 valence electrons. The van der Waals surface area contributed by atoms with Crippen molar-refractivity contribution < 1.29 is 0 Å². The molecule has 2 heterocycles. The van der Waals surface area contributed by atoms with E-state index in [2.05, 4.69) is 39.0 Å². The summed E-state index contributed by atoms with van der Waals surface area (Å²) in [7, 11) is 2.05. The van der Waals surface area contributed by atoms with E-state index >= 15 is 0 Å². The summed E-state index contributed by atoms with van der Waals surface area (Å²) in [5.74, 6) is 0. The Morgan fingerprint density at radius 2 is 1.95 bits per heavy atom. The number of benzene rings is 1. The summed E-state index contributed by atoms with van der Waals surface area (Å²) in [4.78, 5) is 2.54. The number of rotatable bonds is 4. The normalized spacial score (nSPS) is 16.9. The summed E-state index contributed by atoms with van der Waals surface area (Å²) in [6.45, 7) is 5.75. The number of nitrogens with zero attached hydrogens (tertiary/aromatic N) is 2. The van der Waals surface area contributed by atoms with Crippen LogP contribution in [0.25, 0.3) is 10.9 Å². The van der Waals surface area contributed by atoms with Crippen LogP contribution in [-0.2, 0) is 13.5 Å². The summed E-state index contributed by atoms with van der Waals surface area (Å²) in [6.07, 6.45) is 2.23. The molecule has 1 aliphatic rings. The van der Waals surface area contributed by atoms with Crippen LogP contribution in [0.4, 0.5) is 0 Å². The first-order valence-corrected chi connectivity index (χ1v) is 7.80. The highest BCUT2D eigenvalue weighted by Crippen LogP contribution is 2.29. The number of piperazine rings is 1. The van der Waals surface area contributed by atoms with Gasteiger partial charge in [0.2, 0.25) is 0 Å². The van der Waals surface area contributed by atoms with Gasteiger partial charge >= 0.3 is 0 Å². The van der Waals surface area contributed by atoms with Crippen molar-refractivity contribution in [1.82, 2.24) is 14.8 Å². The average Bonchev–Trinajstić information content (AvgIpc) is 2.74. The number of halogens is 1. The van der Waals surface area contributed by atoms with Crippen molar-refractivity contribution in [2.75, 3.05) is 32.7 Å². The number of nitrogens with one attached hydrogen (secondary N) is 1. The van der Waals surface area contributed by atoms with Crippen LogP contribution >= 0.6 is 11.6 Å². The predicted octanol–water partition coefficient (Wildman–Crippen LogP) is 2.67. The number of aromatic nitrogens is 1. The maximum atomic E-state index is 6.50. The molecule has 4 heteroatoms. The maximum Gasteiger partial charge on any atom is 0.112 e. The van der Waals surface area contributed by atoms with Gasteiger partial charge in [-0.2, -0.15) is 0 Å². The molecule has 1 saturated heterocycles. The number of para-hydroxylation sites is 1. The molecule has 0 amide bonds. The highest BCUT2D eigenvalue weighted by atomic mass is 35.5. The van der Waals surface area contributed by atoms with Crippen LogP contribution < -0.4 is 5.32 Å². The van der Waals surface area contributed by atoms with Crippen LogP contribution in [0.3, 0.4) is 0 Å². The second-order valence-corrected chi connectivity index (χ2v) is 5.90. The van der Waals surface area contributed by atoms with E-state index in [-0.39, 0.29) is 0 Å². The molecule has 1 aromatic carbocycles. The Bertz CT molecular complexity index is 585. The fraction of sp³-hybridized carbons (Fsp3) is 0.500. The van der Waals surface area contributed by atoms with Gasteiger partial charge in [-0.05, 0) is 31.0 Å². The molecule has 2 aromatic rings. The molecular weight excluding hydrogens is 270 g/mol. The third-order valence-corrected chi connectivity index (χ3v) is 4.73. The lowest BCUT2D eigenvalue weighted by molar-refractivity contribution is 0.238. The van der Waals surface area contributed by atoms with Crippen molar-refractivity contribution in [3.63, 3.8) is 0 Å². The minimum atomic E-state index is 0.895. The van der Waals surface area contributed by atoms with Crippen LogP contribution in [0.15, 0.2) is 24.3 Å². The highest BCUT2D eigenvalue weighted by molar-refractivity contribution is 6.32. The Kier molecular flexibility index (Phi) is 4.29. The number of fused-ring (bicyclic) bond motifs is 1. The fourth-order valence-electron chi connectivity index (χ4n) is 3.09. The van der Waals surface area contributed by atoms with E-state index in [1.54, 1.807) is 0 Å². The van der Waals surface area contributed by atoms with Gasteiger partial charge in [0.25, 0.3) is 0 Å². The molecule has 3 rings (SSSR count). The van der Waals surface area contributed by atoms with Gasteiger partial charge < -0.3 is 14.8 Å². The van der Waals surface area contributed by atoms with E-state index in [0.29, 0.717) is 0 Å². The zero-order valence-electron chi connectivity index (χ0n) is 12.0. The molecule has 1 fully saturated rings. The van der Waals surface area contributed by atoms with E-state index in [1.165, 1.54) is 42.5 Å². The average molecular weight is 292 g/mol. The van der Waals surface area contributed by atoms with Crippen molar-refractivity contribution in [3.8, 4) is 0 Å². The zero-order valence-corrected chi connectivity index (χ0v) is 12.8. The molecule has 0 spiro atoms. The summed E-state index contributed by atoms with van der Waals surface area (Å²) in [5.41, 5.74) is 2.54. The van der Waals surface area contributed by atoms with E-state index in [1.807, 2.05) is 7.05 Å². The molecule has 1 aliphatic heterocycles. The second-order valence-electron chi connectivity index (χ2n) is 5.54. The first-order valence-electron chi connectivity index (χ1n) is 7.42. The number of hydrogen-bond acceptors (Lipinski definition) is 2. The predicted molar refractivity (Wildman–Crippen MR) is 85.6 cm³/mol. The second kappa shape index (κ2) is 6.17. The zero-order chi connectivity index (χ0) is 13.9. The van der Waals surface area contributed by atoms with E-state index < -0.39 is 0 Å². The Morgan fingerprint density at radius 1 is 1.20 bits per heavy atom. The number of hydrogen-bond donors (Lipinski definition) is 1. The summed E-state index contributed by atoms with van der Waals surface area (Å²) in [6, 6.07) is 8.49. The summed E-state index contributed by atoms with van der Waals surface area (Å²) in [5, 5.41) is 5.59. The van der Waals surface area contributed by atoms with Gasteiger partial charge in [0.15, 0.2) is 0 Å². The third-order valence-electron chi connectivity index (χ3n) is 4.24. The largest absolute Gasteiger partial charge is 0.335 e. The minimum Gasteiger partial charge on any atom is -0.335 e. The van der Waals surface area contributed by atoms with Crippen LogP contribution in [0.2, 0.25) is 5.15 Å². The molecule has 0 saturated carbocycles. The minimum absolute atomic E-state index is 0.895. The van der Waals surface area contributed by atoms with Gasteiger partial charge in [-0.3, -0.25) is 0 Å². The quantitative estimate of drug-likeness (QED) is 0.935. The topological polar surface area (TPSA) is 20.2 Å². The van der Waals surface area contributed by atoms with E-state index in [0.717, 1.165) is 24.7 Å². The summed E-state index contributed by atoms with van der Waals surface area (Å²) >= 11 is 6.50. The molecule has 0 radical (unpaired) electrons. The van der Waals surface area contributed by atoms with Gasteiger partial charge in [0.05, 0.1) is 0 Å². The first-order chi connectivity index (χ1) is 9.77. The van der Waals surface area contributed by atoms with Crippen molar-refractivity contribution in [1.29, 1.82) is 0 Å². The molecular formula is C16H22ClN3. The molecule has 1 aromatic heterocycles. The molecule has 20 heavy (non-hydrogen) atoms. The lowest BCUT2D eigenvalue weighted by Gasteiger charge is -2.27. The molecule has 0 unspecified atom stereocenters. The van der Waals surface area contributed by atoms with Gasteiger partial charge in [-0.1, -0.05) is 29.8 Å². The van der Waals surface area contributed by atoms with Crippen molar-refractivity contribution in [2.24, 2.45) is 7.05 Å². The van der Waals surface area contributed by atoms with Gasteiger partial charge in [-0.15, -0.1) is 0 Å². The lowest BCUT2D eigenvalue weighted by atomic mass is 10.1. The SMILES string of the molecule is Cn1c(Cl)c(CCCN2CCNCC2)c2ccccc21. The Hall–Kier alpha value is -1.03. The van der Waals surface area contributed by atoms with Gasteiger partial charge in [-0.25, -0.2) is 0 Å². The third kappa shape index (κ3) is 2.71. The molecule has 0 aliphatic carbocycles. The molecule has 0 atom stereocenters. The Balaban J connectivity index is 1.69. The number of aryl methyl sites for hydroxylation is 2. The van der Waals surface area contributed by atoms with Crippen molar-refractivity contribution >= 4 is 22.5 Å². The molecule has 1 N–H and O–H groups in total. The standard InChI is InChI=1S/C16H22ClN3/c1-19-15-7-3-2-5-13(15)14(16(19)17)6-4-10-20-11-8-18-9-12-20/h2-3,5,7,18H,4,6,8-12H2,1H3. The van der Waals surface area contributed by atoms with Crippen molar-refractivity contribution in [2.45, 2.75) is 12.8 Å². The van der Waals surface area contributed by atoms with Crippen LogP contribution in [-0.4, -0.2) is 42.2 Å². The highest BCUT2D eigenvalue weighted by Gasteiger charge is 2.14. The van der Waals surface area contributed by atoms with Crippen LogP contribution in [0.1, 0.15) is 12.0 Å². The summed E-state index contributed by atoms with van der Waals surface area (Å²) < 4.78 is 2.09. The fourth-order valence-corrected chi connectivity index (χ4v) is 3.38. The van der Waals surface area contributed by atoms with Crippen LogP contribution in [0.5, 0.6) is 0 Å². The molecule has 0 bridgehead atoms. The smallest absolute Gasteiger partial charge is 0.112 e. The Morgan fingerprint density at radius 3 is 2.75 bits per heavy atom. The van der Waals surface area contributed by atoms with E-state index in [9.17, 15) is 0 Å². The Labute approximate surface area is 125 Å². The van der Waals surface area contributed by atoms with Crippen molar-refractivity contribution in [3.05, 3.63) is 35.0 Å².